The summed E-state index contributed by atoms with van der Waals surface area (Å²) in [5, 5.41) is 23.1. The van der Waals surface area contributed by atoms with Gasteiger partial charge in [-0.05, 0) is 57.8 Å². The maximum absolute atomic E-state index is 12.5. The lowest BCUT2D eigenvalue weighted by Crippen LogP contribution is -2.45. The predicted octanol–water partition coefficient (Wildman–Crippen LogP) is 19.4. The quantitative estimate of drug-likeness (QED) is 0.0321. The molecule has 0 radical (unpaired) electrons. The first-order chi connectivity index (χ1) is 34.0. The average Bonchev–Trinajstić information content (AvgIpc) is 3.35. The van der Waals surface area contributed by atoms with Crippen molar-refractivity contribution in [1.82, 2.24) is 5.32 Å². The Morgan fingerprint density at radius 1 is 0.391 bits per heavy atom. The number of carbonyl (C=O) groups excluding carboxylic acids is 2. The molecule has 1 amide bonds. The Labute approximate surface area is 431 Å². The normalized spacial score (nSPS) is 12.7. The fraction of sp³-hybridized carbons (Fsp3) is 0.905. The van der Waals surface area contributed by atoms with E-state index in [4.69, 9.17) is 4.74 Å². The van der Waals surface area contributed by atoms with E-state index in [2.05, 4.69) is 31.3 Å². The Morgan fingerprint density at radius 2 is 0.681 bits per heavy atom. The van der Waals surface area contributed by atoms with Crippen molar-refractivity contribution in [2.75, 3.05) is 13.2 Å². The number of hydrogen-bond acceptors (Lipinski definition) is 5. The molecule has 2 unspecified atom stereocenters. The molecule has 0 rings (SSSR count). The fourth-order valence-corrected chi connectivity index (χ4v) is 9.69. The summed E-state index contributed by atoms with van der Waals surface area (Å²) in [5.41, 5.74) is 0. The zero-order valence-electron chi connectivity index (χ0n) is 46.6. The van der Waals surface area contributed by atoms with Crippen LogP contribution in [0.25, 0.3) is 0 Å². The number of amides is 1. The van der Waals surface area contributed by atoms with Gasteiger partial charge in [-0.15, -0.1) is 0 Å². The monoisotopic (exact) mass is 972 g/mol. The molecule has 0 aliphatic carbocycles. The Balaban J connectivity index is 3.43. The SMILES string of the molecule is CCCCCCCCCCCCCCCC/C=C/C(O)C(CO)NC(=O)CCCCCCCCC/C=C\CCCCCCCCCCCCCOC(=O)CCCCCCCCCCCCCCCC. The minimum absolute atomic E-state index is 0.0120. The number of esters is 1. The van der Waals surface area contributed by atoms with Crippen LogP contribution in [0.5, 0.6) is 0 Å². The van der Waals surface area contributed by atoms with Crippen molar-refractivity contribution in [2.45, 2.75) is 353 Å². The second-order valence-electron chi connectivity index (χ2n) is 21.4. The Kier molecular flexibility index (Phi) is 57.5. The summed E-state index contributed by atoms with van der Waals surface area (Å²) in [7, 11) is 0. The molecule has 0 aliphatic heterocycles. The maximum Gasteiger partial charge on any atom is 0.305 e. The molecule has 0 aromatic heterocycles. The topological polar surface area (TPSA) is 95.9 Å². The average molecular weight is 973 g/mol. The van der Waals surface area contributed by atoms with Gasteiger partial charge in [0.25, 0.3) is 0 Å². The molecule has 0 bridgehead atoms. The Morgan fingerprint density at radius 3 is 1.03 bits per heavy atom. The van der Waals surface area contributed by atoms with Gasteiger partial charge < -0.3 is 20.3 Å². The van der Waals surface area contributed by atoms with Crippen LogP contribution >= 0.6 is 0 Å². The van der Waals surface area contributed by atoms with Crippen molar-refractivity contribution in [3.63, 3.8) is 0 Å². The zero-order chi connectivity index (χ0) is 50.0. The number of hydrogen-bond donors (Lipinski definition) is 3. The van der Waals surface area contributed by atoms with Crippen molar-refractivity contribution in [2.24, 2.45) is 0 Å². The number of carbonyl (C=O) groups is 2. The molecule has 0 aliphatic rings. The largest absolute Gasteiger partial charge is 0.466 e. The van der Waals surface area contributed by atoms with E-state index >= 15 is 0 Å². The van der Waals surface area contributed by atoms with Crippen LogP contribution in [0, 0.1) is 0 Å². The second-order valence-corrected chi connectivity index (χ2v) is 21.4. The summed E-state index contributed by atoms with van der Waals surface area (Å²) in [5.74, 6) is -0.0611. The van der Waals surface area contributed by atoms with Gasteiger partial charge in [0.2, 0.25) is 5.91 Å². The van der Waals surface area contributed by atoms with E-state index in [0.29, 0.717) is 19.4 Å². The van der Waals surface area contributed by atoms with E-state index in [9.17, 15) is 19.8 Å². The van der Waals surface area contributed by atoms with Crippen molar-refractivity contribution in [3.8, 4) is 0 Å². The first-order valence-electron chi connectivity index (χ1n) is 31.1. The van der Waals surface area contributed by atoms with Crippen LogP contribution in [0.4, 0.5) is 0 Å². The molecule has 0 fully saturated rings. The number of unbranched alkanes of at least 4 members (excludes halogenated alkanes) is 45. The summed E-state index contributed by atoms with van der Waals surface area (Å²) < 4.78 is 5.48. The molecule has 6 nitrogen and oxygen atoms in total. The second kappa shape index (κ2) is 58.9. The third kappa shape index (κ3) is 55.5. The van der Waals surface area contributed by atoms with Crippen molar-refractivity contribution in [1.29, 1.82) is 0 Å². The molecule has 0 saturated heterocycles. The van der Waals surface area contributed by atoms with Crippen molar-refractivity contribution < 1.29 is 24.5 Å². The molecule has 408 valence electrons. The molecule has 6 heteroatoms. The minimum Gasteiger partial charge on any atom is -0.466 e. The molecule has 0 aromatic carbocycles. The van der Waals surface area contributed by atoms with Gasteiger partial charge in [0.15, 0.2) is 0 Å². The number of rotatable bonds is 58. The van der Waals surface area contributed by atoms with E-state index in [1.165, 1.54) is 270 Å². The molecular weight excluding hydrogens is 851 g/mol. The van der Waals surface area contributed by atoms with Gasteiger partial charge in [-0.1, -0.05) is 295 Å². The molecule has 0 aromatic rings. The third-order valence-electron chi connectivity index (χ3n) is 14.5. The zero-order valence-corrected chi connectivity index (χ0v) is 46.6. The Hall–Kier alpha value is -1.66. The first kappa shape index (κ1) is 67.3. The summed E-state index contributed by atoms with van der Waals surface area (Å²) in [6.07, 6.45) is 72.1. The summed E-state index contributed by atoms with van der Waals surface area (Å²) in [6.45, 7) is 4.92. The molecule has 0 heterocycles. The van der Waals surface area contributed by atoms with Gasteiger partial charge in [0.05, 0.1) is 25.4 Å². The van der Waals surface area contributed by atoms with Crippen LogP contribution in [0.3, 0.4) is 0 Å². The van der Waals surface area contributed by atoms with E-state index in [-0.39, 0.29) is 18.5 Å². The lowest BCUT2D eigenvalue weighted by atomic mass is 10.0. The number of allylic oxidation sites excluding steroid dienone is 3. The highest BCUT2D eigenvalue weighted by molar-refractivity contribution is 5.76. The third-order valence-corrected chi connectivity index (χ3v) is 14.5. The van der Waals surface area contributed by atoms with Crippen molar-refractivity contribution >= 4 is 11.9 Å². The van der Waals surface area contributed by atoms with Gasteiger partial charge in [-0.25, -0.2) is 0 Å². The molecule has 2 atom stereocenters. The van der Waals surface area contributed by atoms with Crippen molar-refractivity contribution in [3.05, 3.63) is 24.3 Å². The van der Waals surface area contributed by atoms with Crippen LogP contribution < -0.4 is 5.32 Å². The lowest BCUT2D eigenvalue weighted by molar-refractivity contribution is -0.143. The molecule has 0 spiro atoms. The summed E-state index contributed by atoms with van der Waals surface area (Å²) in [4.78, 5) is 24.5. The van der Waals surface area contributed by atoms with E-state index < -0.39 is 12.1 Å². The van der Waals surface area contributed by atoms with Crippen LogP contribution in [-0.4, -0.2) is 47.4 Å². The van der Waals surface area contributed by atoms with E-state index in [0.717, 1.165) is 44.9 Å². The Bertz CT molecular complexity index is 1080. The molecule has 69 heavy (non-hydrogen) atoms. The number of ether oxygens (including phenoxy) is 1. The molecule has 3 N–H and O–H groups in total. The number of nitrogens with one attached hydrogen (secondary N) is 1. The highest BCUT2D eigenvalue weighted by Crippen LogP contribution is 2.17. The fourth-order valence-electron chi connectivity index (χ4n) is 9.69. The summed E-state index contributed by atoms with van der Waals surface area (Å²) >= 11 is 0. The van der Waals surface area contributed by atoms with Crippen LogP contribution in [0.1, 0.15) is 341 Å². The number of aliphatic hydroxyl groups is 2. The van der Waals surface area contributed by atoms with E-state index in [1.807, 2.05) is 6.08 Å². The number of aliphatic hydroxyl groups excluding tert-OH is 2. The predicted molar refractivity (Wildman–Crippen MR) is 301 cm³/mol. The van der Waals surface area contributed by atoms with Crippen LogP contribution in [0.15, 0.2) is 24.3 Å². The van der Waals surface area contributed by atoms with Gasteiger partial charge >= 0.3 is 5.97 Å². The smallest absolute Gasteiger partial charge is 0.305 e. The standard InChI is InChI=1S/C63H121NO5/c1-3-5-7-9-11-13-15-17-19-28-31-35-39-43-47-51-55-61(66)60(59-65)64-62(67)56-52-48-44-40-36-32-29-26-24-22-20-21-23-25-27-30-34-38-42-46-50-54-58-69-63(68)57-53-49-45-41-37-33-18-16-14-12-10-8-6-4-2/h22,24,51,55,60-61,65-66H,3-21,23,25-50,52-54,56-59H2,1-2H3,(H,64,67)/b24-22-,55-51+. The lowest BCUT2D eigenvalue weighted by Gasteiger charge is -2.20. The van der Waals surface area contributed by atoms with Crippen LogP contribution in [0.2, 0.25) is 0 Å². The van der Waals surface area contributed by atoms with Crippen LogP contribution in [-0.2, 0) is 14.3 Å². The first-order valence-corrected chi connectivity index (χ1v) is 31.1. The highest BCUT2D eigenvalue weighted by atomic mass is 16.5. The van der Waals surface area contributed by atoms with Gasteiger partial charge in [-0.2, -0.15) is 0 Å². The van der Waals surface area contributed by atoms with E-state index in [1.54, 1.807) is 6.08 Å². The van der Waals surface area contributed by atoms with Gasteiger partial charge in [0, 0.05) is 12.8 Å². The molecular formula is C63H121NO5. The summed E-state index contributed by atoms with van der Waals surface area (Å²) in [6, 6.07) is -0.632. The molecule has 0 saturated carbocycles. The maximum atomic E-state index is 12.5. The minimum atomic E-state index is -0.848. The van der Waals surface area contributed by atoms with Gasteiger partial charge in [0.1, 0.15) is 0 Å². The highest BCUT2D eigenvalue weighted by Gasteiger charge is 2.18. The van der Waals surface area contributed by atoms with Gasteiger partial charge in [-0.3, -0.25) is 9.59 Å².